The number of hydrogen-bond donors (Lipinski definition) is 2. The maximum absolute atomic E-state index is 12.0. The summed E-state index contributed by atoms with van der Waals surface area (Å²) in [5, 5.41) is 2.90. The summed E-state index contributed by atoms with van der Waals surface area (Å²) in [6, 6.07) is 3.78. The van der Waals surface area contributed by atoms with Crippen molar-refractivity contribution in [3.05, 3.63) is 23.3 Å². The summed E-state index contributed by atoms with van der Waals surface area (Å²) in [4.78, 5) is 12.0. The van der Waals surface area contributed by atoms with Crippen LogP contribution in [0.15, 0.2) is 12.1 Å². The molecule has 1 aliphatic heterocycles. The van der Waals surface area contributed by atoms with Gasteiger partial charge in [-0.25, -0.2) is 0 Å². The van der Waals surface area contributed by atoms with Crippen LogP contribution in [0.5, 0.6) is 0 Å². The number of nitrogen functional groups attached to an aromatic ring is 1. The average molecular weight is 248 g/mol. The van der Waals surface area contributed by atoms with E-state index >= 15 is 0 Å². The van der Waals surface area contributed by atoms with E-state index < -0.39 is 0 Å². The topological polar surface area (TPSA) is 64.3 Å². The number of nitrogens with two attached hydrogens (primary N) is 1. The minimum atomic E-state index is -0.332. The van der Waals surface area contributed by atoms with Crippen LogP contribution in [0.4, 0.5) is 11.4 Å². The molecule has 4 nitrogen and oxygen atoms in total. The van der Waals surface area contributed by atoms with Crippen LogP contribution < -0.4 is 11.1 Å². The van der Waals surface area contributed by atoms with E-state index in [9.17, 15) is 4.79 Å². The molecule has 0 aromatic heterocycles. The maximum Gasteiger partial charge on any atom is 0.253 e. The molecule has 0 bridgehead atoms. The van der Waals surface area contributed by atoms with Crippen molar-refractivity contribution in [1.82, 2.24) is 0 Å². The van der Waals surface area contributed by atoms with Gasteiger partial charge in [0.1, 0.15) is 6.10 Å². The fourth-order valence-electron chi connectivity index (χ4n) is 2.21. The molecule has 1 amide bonds. The van der Waals surface area contributed by atoms with Crippen LogP contribution in [-0.2, 0) is 9.53 Å². The molecule has 4 heteroatoms. The minimum absolute atomic E-state index is 0.0781. The van der Waals surface area contributed by atoms with Crippen LogP contribution in [0, 0.1) is 13.8 Å². The Hall–Kier alpha value is -1.55. The van der Waals surface area contributed by atoms with Gasteiger partial charge < -0.3 is 15.8 Å². The predicted molar refractivity (Wildman–Crippen MR) is 72.5 cm³/mol. The van der Waals surface area contributed by atoms with Gasteiger partial charge in [0.15, 0.2) is 0 Å². The molecular weight excluding hydrogens is 228 g/mol. The van der Waals surface area contributed by atoms with E-state index in [0.717, 1.165) is 29.7 Å². The van der Waals surface area contributed by atoms with Crippen molar-refractivity contribution in [2.45, 2.75) is 45.8 Å². The number of amides is 1. The van der Waals surface area contributed by atoms with Crippen LogP contribution in [0.1, 0.15) is 30.9 Å². The molecule has 2 rings (SSSR count). The number of ether oxygens (including phenoxy) is 1. The molecule has 2 unspecified atom stereocenters. The van der Waals surface area contributed by atoms with Crippen molar-refractivity contribution in [1.29, 1.82) is 0 Å². The first-order chi connectivity index (χ1) is 8.47. The molecule has 98 valence electrons. The fourth-order valence-corrected chi connectivity index (χ4v) is 2.21. The van der Waals surface area contributed by atoms with Crippen LogP contribution in [0.25, 0.3) is 0 Å². The zero-order chi connectivity index (χ0) is 13.3. The average Bonchev–Trinajstić information content (AvgIpc) is 2.73. The quantitative estimate of drug-likeness (QED) is 0.790. The van der Waals surface area contributed by atoms with Crippen LogP contribution >= 0.6 is 0 Å². The van der Waals surface area contributed by atoms with Crippen molar-refractivity contribution < 1.29 is 9.53 Å². The second kappa shape index (κ2) is 4.98. The molecular formula is C14H20N2O2. The number of nitrogens with one attached hydrogen (secondary N) is 1. The van der Waals surface area contributed by atoms with E-state index in [1.165, 1.54) is 0 Å². The Morgan fingerprint density at radius 3 is 2.67 bits per heavy atom. The summed E-state index contributed by atoms with van der Waals surface area (Å²) in [5.74, 6) is -0.0781. The third-order valence-electron chi connectivity index (χ3n) is 3.40. The van der Waals surface area contributed by atoms with Crippen molar-refractivity contribution in [2.24, 2.45) is 0 Å². The third-order valence-corrected chi connectivity index (χ3v) is 3.40. The van der Waals surface area contributed by atoms with Gasteiger partial charge in [0.25, 0.3) is 5.91 Å². The molecule has 1 heterocycles. The Morgan fingerprint density at radius 2 is 2.06 bits per heavy atom. The van der Waals surface area contributed by atoms with Crippen molar-refractivity contribution in [2.75, 3.05) is 11.1 Å². The number of carbonyl (C=O) groups excluding carboxylic acids is 1. The molecule has 1 saturated heterocycles. The normalized spacial score (nSPS) is 23.1. The lowest BCUT2D eigenvalue weighted by atomic mass is 10.1. The number of benzene rings is 1. The molecule has 18 heavy (non-hydrogen) atoms. The Kier molecular flexibility index (Phi) is 3.57. The van der Waals surface area contributed by atoms with Crippen LogP contribution in [0.2, 0.25) is 0 Å². The SMILES string of the molecule is Cc1cc(C)c(NC(=O)C2CCC(C)O2)cc1N. The molecule has 1 aromatic carbocycles. The van der Waals surface area contributed by atoms with Crippen LogP contribution in [0.3, 0.4) is 0 Å². The summed E-state index contributed by atoms with van der Waals surface area (Å²) >= 11 is 0. The molecule has 0 saturated carbocycles. The van der Waals surface area contributed by atoms with E-state index in [-0.39, 0.29) is 18.1 Å². The smallest absolute Gasteiger partial charge is 0.253 e. The van der Waals surface area contributed by atoms with Gasteiger partial charge in [0.05, 0.1) is 6.10 Å². The zero-order valence-corrected chi connectivity index (χ0v) is 11.1. The Labute approximate surface area is 108 Å². The summed E-state index contributed by atoms with van der Waals surface area (Å²) in [6.07, 6.45) is 1.56. The molecule has 0 spiro atoms. The second-order valence-corrected chi connectivity index (χ2v) is 5.03. The molecule has 1 fully saturated rings. The first kappa shape index (κ1) is 12.9. The predicted octanol–water partition coefficient (Wildman–Crippen LogP) is 2.39. The van der Waals surface area contributed by atoms with Crippen molar-refractivity contribution in [3.8, 4) is 0 Å². The van der Waals surface area contributed by atoms with Crippen molar-refractivity contribution >= 4 is 17.3 Å². The van der Waals surface area contributed by atoms with E-state index in [4.69, 9.17) is 10.5 Å². The van der Waals surface area contributed by atoms with Gasteiger partial charge >= 0.3 is 0 Å². The highest BCUT2D eigenvalue weighted by Crippen LogP contribution is 2.24. The number of anilines is 2. The van der Waals surface area contributed by atoms with E-state index in [1.807, 2.05) is 26.8 Å². The highest BCUT2D eigenvalue weighted by atomic mass is 16.5. The molecule has 3 N–H and O–H groups in total. The van der Waals surface area contributed by atoms with Crippen LogP contribution in [-0.4, -0.2) is 18.1 Å². The first-order valence-corrected chi connectivity index (χ1v) is 6.30. The van der Waals surface area contributed by atoms with E-state index in [0.29, 0.717) is 5.69 Å². The molecule has 0 aliphatic carbocycles. The van der Waals surface area contributed by atoms with Gasteiger partial charge in [-0.1, -0.05) is 6.07 Å². The molecule has 1 aliphatic rings. The molecule has 1 aromatic rings. The monoisotopic (exact) mass is 248 g/mol. The number of rotatable bonds is 2. The summed E-state index contributed by atoms with van der Waals surface area (Å²) in [6.45, 7) is 5.90. The highest BCUT2D eigenvalue weighted by Gasteiger charge is 2.28. The van der Waals surface area contributed by atoms with Gasteiger partial charge in [-0.05, 0) is 50.8 Å². The zero-order valence-electron chi connectivity index (χ0n) is 11.1. The van der Waals surface area contributed by atoms with E-state index in [1.54, 1.807) is 6.07 Å². The molecule has 0 radical (unpaired) electrons. The fraction of sp³-hybridized carbons (Fsp3) is 0.500. The Morgan fingerprint density at radius 1 is 1.33 bits per heavy atom. The van der Waals surface area contributed by atoms with Gasteiger partial charge in [0, 0.05) is 11.4 Å². The summed E-state index contributed by atoms with van der Waals surface area (Å²) < 4.78 is 5.55. The standard InChI is InChI=1S/C14H20N2O2/c1-8-6-9(2)12(7-11(8)15)16-14(17)13-5-4-10(3)18-13/h6-7,10,13H,4-5,15H2,1-3H3,(H,16,17). The maximum atomic E-state index is 12.0. The summed E-state index contributed by atoms with van der Waals surface area (Å²) in [7, 11) is 0. The van der Waals surface area contributed by atoms with Gasteiger partial charge in [-0.2, -0.15) is 0 Å². The highest BCUT2D eigenvalue weighted by molar-refractivity contribution is 5.95. The number of aryl methyl sites for hydroxylation is 2. The lowest BCUT2D eigenvalue weighted by Crippen LogP contribution is -2.28. The lowest BCUT2D eigenvalue weighted by Gasteiger charge is -2.14. The van der Waals surface area contributed by atoms with Crippen molar-refractivity contribution in [3.63, 3.8) is 0 Å². The van der Waals surface area contributed by atoms with Gasteiger partial charge in [0.2, 0.25) is 0 Å². The number of carbonyl (C=O) groups is 1. The lowest BCUT2D eigenvalue weighted by molar-refractivity contribution is -0.126. The second-order valence-electron chi connectivity index (χ2n) is 5.03. The van der Waals surface area contributed by atoms with Gasteiger partial charge in [-0.3, -0.25) is 4.79 Å². The number of hydrogen-bond acceptors (Lipinski definition) is 3. The Bertz CT molecular complexity index is 471. The Balaban J connectivity index is 2.09. The molecule has 2 atom stereocenters. The van der Waals surface area contributed by atoms with E-state index in [2.05, 4.69) is 5.32 Å². The summed E-state index contributed by atoms with van der Waals surface area (Å²) in [5.41, 5.74) is 9.36. The minimum Gasteiger partial charge on any atom is -0.398 e. The third kappa shape index (κ3) is 2.64. The van der Waals surface area contributed by atoms with Gasteiger partial charge in [-0.15, -0.1) is 0 Å². The first-order valence-electron chi connectivity index (χ1n) is 6.30. The largest absolute Gasteiger partial charge is 0.398 e.